The van der Waals surface area contributed by atoms with E-state index < -0.39 is 0 Å². The SMILES string of the molecule is CC(C)=CCC/C(C)=C/CC/C(C)=C/CS. The minimum atomic E-state index is 0.856. The van der Waals surface area contributed by atoms with Gasteiger partial charge in [-0.05, 0) is 53.4 Å². The van der Waals surface area contributed by atoms with Gasteiger partial charge in [0.25, 0.3) is 0 Å². The molecule has 0 bridgehead atoms. The first-order valence-electron chi connectivity index (χ1n) is 6.11. The molecular formula is C15H26S. The monoisotopic (exact) mass is 238 g/mol. The fourth-order valence-corrected chi connectivity index (χ4v) is 1.81. The summed E-state index contributed by atoms with van der Waals surface area (Å²) in [6.07, 6.45) is 11.6. The molecule has 0 fully saturated rings. The van der Waals surface area contributed by atoms with Crippen LogP contribution >= 0.6 is 12.6 Å². The molecule has 0 atom stereocenters. The van der Waals surface area contributed by atoms with Crippen molar-refractivity contribution in [2.75, 3.05) is 5.75 Å². The number of allylic oxidation sites excluding steroid dienone is 5. The van der Waals surface area contributed by atoms with Crippen LogP contribution in [0.3, 0.4) is 0 Å². The van der Waals surface area contributed by atoms with Gasteiger partial charge in [0.05, 0.1) is 0 Å². The Morgan fingerprint density at radius 1 is 0.812 bits per heavy atom. The van der Waals surface area contributed by atoms with Gasteiger partial charge in [0.15, 0.2) is 0 Å². The topological polar surface area (TPSA) is 0 Å². The van der Waals surface area contributed by atoms with Crippen molar-refractivity contribution in [3.8, 4) is 0 Å². The fourth-order valence-electron chi connectivity index (χ4n) is 1.49. The first-order valence-corrected chi connectivity index (χ1v) is 6.75. The molecule has 0 amide bonds. The molecule has 0 nitrogen and oxygen atoms in total. The van der Waals surface area contributed by atoms with Crippen LogP contribution in [0.15, 0.2) is 34.9 Å². The molecule has 0 saturated carbocycles. The Morgan fingerprint density at radius 2 is 1.31 bits per heavy atom. The van der Waals surface area contributed by atoms with Crippen molar-refractivity contribution in [1.29, 1.82) is 0 Å². The summed E-state index contributed by atoms with van der Waals surface area (Å²) >= 11 is 4.19. The second-order valence-corrected chi connectivity index (χ2v) is 5.01. The lowest BCUT2D eigenvalue weighted by Gasteiger charge is -2.00. The van der Waals surface area contributed by atoms with E-state index in [1.54, 1.807) is 0 Å². The van der Waals surface area contributed by atoms with Gasteiger partial charge >= 0.3 is 0 Å². The summed E-state index contributed by atoms with van der Waals surface area (Å²) in [4.78, 5) is 0. The Hall–Kier alpha value is -0.430. The highest BCUT2D eigenvalue weighted by atomic mass is 32.1. The lowest BCUT2D eigenvalue weighted by Crippen LogP contribution is -1.81. The average molecular weight is 238 g/mol. The predicted octanol–water partition coefficient (Wildman–Crippen LogP) is 5.34. The molecule has 0 aliphatic rings. The third-order valence-corrected chi connectivity index (χ3v) is 2.75. The van der Waals surface area contributed by atoms with Crippen LogP contribution < -0.4 is 0 Å². The van der Waals surface area contributed by atoms with Gasteiger partial charge < -0.3 is 0 Å². The van der Waals surface area contributed by atoms with Gasteiger partial charge in [0, 0.05) is 5.75 Å². The number of rotatable bonds is 7. The molecule has 0 heterocycles. The third-order valence-electron chi connectivity index (χ3n) is 2.56. The van der Waals surface area contributed by atoms with Gasteiger partial charge in [-0.3, -0.25) is 0 Å². The number of thiol groups is 1. The maximum atomic E-state index is 4.19. The summed E-state index contributed by atoms with van der Waals surface area (Å²) in [5.74, 6) is 0.856. The smallest absolute Gasteiger partial charge is 0.00850 e. The van der Waals surface area contributed by atoms with E-state index in [2.05, 4.69) is 58.6 Å². The minimum absolute atomic E-state index is 0.856. The molecule has 0 aliphatic heterocycles. The van der Waals surface area contributed by atoms with E-state index in [4.69, 9.17) is 0 Å². The largest absolute Gasteiger partial charge is 0.175 e. The molecule has 0 saturated heterocycles. The van der Waals surface area contributed by atoms with Crippen molar-refractivity contribution in [3.63, 3.8) is 0 Å². The minimum Gasteiger partial charge on any atom is -0.175 e. The highest BCUT2D eigenvalue weighted by molar-refractivity contribution is 7.80. The summed E-state index contributed by atoms with van der Waals surface area (Å²) in [7, 11) is 0. The van der Waals surface area contributed by atoms with E-state index in [1.165, 1.54) is 36.0 Å². The maximum absolute atomic E-state index is 4.19. The van der Waals surface area contributed by atoms with E-state index in [-0.39, 0.29) is 0 Å². The lowest BCUT2D eigenvalue weighted by atomic mass is 10.1. The molecule has 16 heavy (non-hydrogen) atoms. The Balaban J connectivity index is 3.79. The predicted molar refractivity (Wildman–Crippen MR) is 79.3 cm³/mol. The van der Waals surface area contributed by atoms with Crippen LogP contribution in [0.25, 0.3) is 0 Å². The summed E-state index contributed by atoms with van der Waals surface area (Å²) in [6, 6.07) is 0. The van der Waals surface area contributed by atoms with Gasteiger partial charge in [-0.25, -0.2) is 0 Å². The van der Waals surface area contributed by atoms with Crippen molar-refractivity contribution < 1.29 is 0 Å². The molecule has 1 heteroatoms. The third kappa shape index (κ3) is 10.1. The quantitative estimate of drug-likeness (QED) is 0.449. The standard InChI is InChI=1S/C15H26S/c1-13(2)7-5-8-14(3)9-6-10-15(4)11-12-16/h7,9,11,16H,5-6,8,10,12H2,1-4H3/b14-9+,15-11+. The molecular weight excluding hydrogens is 212 g/mol. The van der Waals surface area contributed by atoms with Gasteiger partial charge in [-0.1, -0.05) is 34.9 Å². The van der Waals surface area contributed by atoms with Crippen LogP contribution in [0, 0.1) is 0 Å². The number of hydrogen-bond donors (Lipinski definition) is 1. The zero-order valence-electron chi connectivity index (χ0n) is 11.2. The Bertz CT molecular complexity index is 265. The van der Waals surface area contributed by atoms with Gasteiger partial charge in [0.1, 0.15) is 0 Å². The van der Waals surface area contributed by atoms with Crippen molar-refractivity contribution in [3.05, 3.63) is 34.9 Å². The molecule has 0 radical (unpaired) electrons. The molecule has 0 rings (SSSR count). The van der Waals surface area contributed by atoms with Gasteiger partial charge in [-0.2, -0.15) is 12.6 Å². The molecule has 0 N–H and O–H groups in total. The Labute approximate surface area is 107 Å². The molecule has 0 aromatic carbocycles. The average Bonchev–Trinajstić information content (AvgIpc) is 2.17. The van der Waals surface area contributed by atoms with Crippen molar-refractivity contribution in [2.45, 2.75) is 53.4 Å². The van der Waals surface area contributed by atoms with E-state index >= 15 is 0 Å². The summed E-state index contributed by atoms with van der Waals surface area (Å²) in [5, 5.41) is 0. The van der Waals surface area contributed by atoms with E-state index in [0.717, 1.165) is 12.2 Å². The van der Waals surface area contributed by atoms with Crippen molar-refractivity contribution in [1.82, 2.24) is 0 Å². The second-order valence-electron chi connectivity index (χ2n) is 4.64. The number of hydrogen-bond acceptors (Lipinski definition) is 1. The van der Waals surface area contributed by atoms with E-state index in [9.17, 15) is 0 Å². The highest BCUT2D eigenvalue weighted by Crippen LogP contribution is 2.11. The molecule has 0 aromatic heterocycles. The van der Waals surface area contributed by atoms with Crippen LogP contribution in [0.1, 0.15) is 53.4 Å². The fraction of sp³-hybridized carbons (Fsp3) is 0.600. The molecule has 0 aliphatic carbocycles. The summed E-state index contributed by atoms with van der Waals surface area (Å²) < 4.78 is 0. The normalized spacial score (nSPS) is 12.8. The lowest BCUT2D eigenvalue weighted by molar-refractivity contribution is 0.917. The van der Waals surface area contributed by atoms with Crippen LogP contribution in [-0.2, 0) is 0 Å². The highest BCUT2D eigenvalue weighted by Gasteiger charge is 1.91. The van der Waals surface area contributed by atoms with Crippen LogP contribution in [0.5, 0.6) is 0 Å². The first-order chi connectivity index (χ1) is 7.56. The summed E-state index contributed by atoms with van der Waals surface area (Å²) in [6.45, 7) is 8.73. The Morgan fingerprint density at radius 3 is 1.81 bits per heavy atom. The Kier molecular flexibility index (Phi) is 9.51. The van der Waals surface area contributed by atoms with Crippen LogP contribution in [-0.4, -0.2) is 5.75 Å². The maximum Gasteiger partial charge on any atom is 0.00850 e. The van der Waals surface area contributed by atoms with Gasteiger partial charge in [-0.15, -0.1) is 0 Å². The first kappa shape index (κ1) is 15.6. The molecule has 0 spiro atoms. The summed E-state index contributed by atoms with van der Waals surface area (Å²) in [5.41, 5.74) is 4.37. The molecule has 0 unspecified atom stereocenters. The zero-order chi connectivity index (χ0) is 12.4. The van der Waals surface area contributed by atoms with Crippen molar-refractivity contribution >= 4 is 12.6 Å². The molecule has 0 aromatic rings. The molecule has 92 valence electrons. The van der Waals surface area contributed by atoms with Crippen LogP contribution in [0.4, 0.5) is 0 Å². The van der Waals surface area contributed by atoms with E-state index in [1.807, 2.05) is 0 Å². The van der Waals surface area contributed by atoms with Crippen molar-refractivity contribution in [2.24, 2.45) is 0 Å². The van der Waals surface area contributed by atoms with E-state index in [0.29, 0.717) is 0 Å². The van der Waals surface area contributed by atoms with Gasteiger partial charge in [0.2, 0.25) is 0 Å². The van der Waals surface area contributed by atoms with Crippen LogP contribution in [0.2, 0.25) is 0 Å². The zero-order valence-corrected chi connectivity index (χ0v) is 12.1. The second kappa shape index (κ2) is 9.77.